The van der Waals surface area contributed by atoms with Gasteiger partial charge in [0, 0.05) is 37.8 Å². The lowest BCUT2D eigenvalue weighted by Crippen LogP contribution is -2.35. The van der Waals surface area contributed by atoms with Crippen LogP contribution >= 0.6 is 0 Å². The number of hydrogen-bond donors (Lipinski definition) is 1. The number of nitrogens with two attached hydrogens (primary N) is 1. The molecule has 3 aromatic rings. The molecule has 158 valence electrons. The lowest BCUT2D eigenvalue weighted by Gasteiger charge is -2.23. The predicted molar refractivity (Wildman–Crippen MR) is 120 cm³/mol. The molecule has 0 spiro atoms. The summed E-state index contributed by atoms with van der Waals surface area (Å²) in [5, 5.41) is 15.1. The topological polar surface area (TPSA) is 91.2 Å². The first-order valence-electron chi connectivity index (χ1n) is 10.8. The normalized spacial score (nSPS) is 17.3. The van der Waals surface area contributed by atoms with Crippen molar-refractivity contribution in [1.29, 1.82) is 5.26 Å². The number of nitrogens with zero attached hydrogens (tertiary/aromatic N) is 5. The minimum Gasteiger partial charge on any atom is -0.398 e. The van der Waals surface area contributed by atoms with Gasteiger partial charge in [-0.3, -0.25) is 9.48 Å². The highest BCUT2D eigenvalue weighted by Crippen LogP contribution is 2.37. The minimum atomic E-state index is -0.202. The molecule has 1 fully saturated rings. The lowest BCUT2D eigenvalue weighted by molar-refractivity contribution is 0.0756. The van der Waals surface area contributed by atoms with Crippen molar-refractivity contribution in [1.82, 2.24) is 19.6 Å². The van der Waals surface area contributed by atoms with Crippen LogP contribution in [0.5, 0.6) is 0 Å². The first kappa shape index (κ1) is 19.6. The summed E-state index contributed by atoms with van der Waals surface area (Å²) in [7, 11) is 1.92. The van der Waals surface area contributed by atoms with Gasteiger partial charge in [0.1, 0.15) is 0 Å². The second kappa shape index (κ2) is 7.71. The summed E-state index contributed by atoms with van der Waals surface area (Å²) in [6.07, 6.45) is 4.22. The molecule has 2 aromatic carbocycles. The van der Waals surface area contributed by atoms with E-state index in [4.69, 9.17) is 5.73 Å². The maximum Gasteiger partial charge on any atom is 0.256 e. The minimum absolute atomic E-state index is 0.0716. The average molecular weight is 415 g/mol. The third-order valence-corrected chi connectivity index (χ3v) is 6.56. The Kier molecular flexibility index (Phi) is 4.87. The Bertz CT molecular complexity index is 1200. The number of nitriles is 1. The molecule has 2 aliphatic heterocycles. The number of likely N-dealkylation sites (tertiary alicyclic amines) is 1. The van der Waals surface area contributed by atoms with Gasteiger partial charge >= 0.3 is 0 Å². The fourth-order valence-electron chi connectivity index (χ4n) is 4.92. The smallest absolute Gasteiger partial charge is 0.256 e. The number of rotatable bonds is 5. The van der Waals surface area contributed by atoms with Crippen LogP contribution in [-0.4, -0.2) is 51.7 Å². The number of anilines is 1. The standard InChI is InChI=1S/C24H26N6O/c1-28-22-10-17(4-5-18(22)12-27-28)19-6-7-21(26)23-20(19)15-30(24(23)31)14-16(11-25)13-29-8-2-3-9-29/h4-7,10,12,16H,2-3,8-9,13-15,26H2,1H3. The molecule has 1 unspecified atom stereocenters. The van der Waals surface area contributed by atoms with E-state index in [9.17, 15) is 10.1 Å². The van der Waals surface area contributed by atoms with Crippen LogP contribution < -0.4 is 5.73 Å². The van der Waals surface area contributed by atoms with E-state index in [0.29, 0.717) is 24.3 Å². The van der Waals surface area contributed by atoms with Crippen molar-refractivity contribution in [3.8, 4) is 17.2 Å². The molecule has 2 aliphatic rings. The van der Waals surface area contributed by atoms with Gasteiger partial charge in [-0.15, -0.1) is 0 Å². The molecule has 0 bridgehead atoms. The first-order valence-corrected chi connectivity index (χ1v) is 10.8. The number of carbonyl (C=O) groups is 1. The quantitative estimate of drug-likeness (QED) is 0.648. The fourth-order valence-corrected chi connectivity index (χ4v) is 4.92. The molecule has 1 atom stereocenters. The molecule has 7 nitrogen and oxygen atoms in total. The number of fused-ring (bicyclic) bond motifs is 2. The molecule has 1 saturated heterocycles. The van der Waals surface area contributed by atoms with Gasteiger partial charge in [-0.1, -0.05) is 18.2 Å². The molecule has 5 rings (SSSR count). The Balaban J connectivity index is 1.45. The van der Waals surface area contributed by atoms with Gasteiger partial charge in [0.2, 0.25) is 0 Å². The second-order valence-electron chi connectivity index (χ2n) is 8.62. The zero-order chi connectivity index (χ0) is 21.5. The van der Waals surface area contributed by atoms with E-state index in [2.05, 4.69) is 34.3 Å². The van der Waals surface area contributed by atoms with Crippen molar-refractivity contribution in [2.75, 3.05) is 31.9 Å². The van der Waals surface area contributed by atoms with Gasteiger partial charge < -0.3 is 15.5 Å². The summed E-state index contributed by atoms with van der Waals surface area (Å²) in [5.74, 6) is -0.274. The second-order valence-corrected chi connectivity index (χ2v) is 8.62. The van der Waals surface area contributed by atoms with Crippen LogP contribution in [0.2, 0.25) is 0 Å². The average Bonchev–Trinajstić information content (AvgIpc) is 3.49. The van der Waals surface area contributed by atoms with Crippen LogP contribution in [-0.2, 0) is 13.6 Å². The Hall–Kier alpha value is -3.37. The van der Waals surface area contributed by atoms with Gasteiger partial charge in [-0.05, 0) is 54.8 Å². The Labute approximate surface area is 181 Å². The number of amides is 1. The Morgan fingerprint density at radius 3 is 2.77 bits per heavy atom. The van der Waals surface area contributed by atoms with Crippen LogP contribution in [0, 0.1) is 17.2 Å². The summed E-state index contributed by atoms with van der Waals surface area (Å²) >= 11 is 0. The molecular weight excluding hydrogens is 388 g/mol. The van der Waals surface area contributed by atoms with Gasteiger partial charge in [0.25, 0.3) is 5.91 Å². The van der Waals surface area contributed by atoms with Crippen molar-refractivity contribution in [3.05, 3.63) is 47.7 Å². The van der Waals surface area contributed by atoms with Gasteiger partial charge in [0.05, 0.1) is 29.3 Å². The largest absolute Gasteiger partial charge is 0.398 e. The van der Waals surface area contributed by atoms with E-state index >= 15 is 0 Å². The highest BCUT2D eigenvalue weighted by molar-refractivity contribution is 6.05. The zero-order valence-corrected chi connectivity index (χ0v) is 17.7. The van der Waals surface area contributed by atoms with Gasteiger partial charge in [0.15, 0.2) is 0 Å². The van der Waals surface area contributed by atoms with Gasteiger partial charge in [-0.2, -0.15) is 10.4 Å². The number of nitrogen functional groups attached to an aromatic ring is 1. The highest BCUT2D eigenvalue weighted by atomic mass is 16.2. The molecule has 1 amide bonds. The number of aromatic nitrogens is 2. The molecule has 7 heteroatoms. The van der Waals surface area contributed by atoms with Crippen LogP contribution in [0.1, 0.15) is 28.8 Å². The molecule has 1 aromatic heterocycles. The van der Waals surface area contributed by atoms with E-state index in [0.717, 1.165) is 47.2 Å². The fraction of sp³-hybridized carbons (Fsp3) is 0.375. The molecule has 0 aliphatic carbocycles. The number of benzene rings is 2. The summed E-state index contributed by atoms with van der Waals surface area (Å²) in [4.78, 5) is 17.3. The van der Waals surface area contributed by atoms with Crippen molar-refractivity contribution in [2.24, 2.45) is 13.0 Å². The SMILES string of the molecule is Cn1ncc2ccc(-c3ccc(N)c4c3CN(CC(C#N)CN3CCCC3)C4=O)cc21. The van der Waals surface area contributed by atoms with Crippen molar-refractivity contribution < 1.29 is 4.79 Å². The Morgan fingerprint density at radius 1 is 1.19 bits per heavy atom. The van der Waals surface area contributed by atoms with E-state index in [1.807, 2.05) is 30.1 Å². The van der Waals surface area contributed by atoms with E-state index in [1.165, 1.54) is 12.8 Å². The predicted octanol–water partition coefficient (Wildman–Crippen LogP) is 3.01. The third kappa shape index (κ3) is 3.43. The maximum atomic E-state index is 13.2. The highest BCUT2D eigenvalue weighted by Gasteiger charge is 2.33. The van der Waals surface area contributed by atoms with Gasteiger partial charge in [-0.25, -0.2) is 0 Å². The van der Waals surface area contributed by atoms with Crippen LogP contribution in [0.25, 0.3) is 22.0 Å². The molecule has 31 heavy (non-hydrogen) atoms. The summed E-state index contributed by atoms with van der Waals surface area (Å²) in [6, 6.07) is 12.4. The molecular formula is C24H26N6O. The summed E-state index contributed by atoms with van der Waals surface area (Å²) < 4.78 is 1.85. The van der Waals surface area contributed by atoms with Crippen LogP contribution in [0.15, 0.2) is 36.5 Å². The maximum absolute atomic E-state index is 13.2. The van der Waals surface area contributed by atoms with E-state index in [-0.39, 0.29) is 11.8 Å². The van der Waals surface area contributed by atoms with Crippen LogP contribution in [0.3, 0.4) is 0 Å². The number of carbonyl (C=O) groups excluding carboxylic acids is 1. The molecule has 2 N–H and O–H groups in total. The monoisotopic (exact) mass is 414 g/mol. The van der Waals surface area contributed by atoms with Crippen molar-refractivity contribution in [3.63, 3.8) is 0 Å². The molecule has 0 saturated carbocycles. The molecule has 3 heterocycles. The van der Waals surface area contributed by atoms with Crippen LogP contribution in [0.4, 0.5) is 5.69 Å². The zero-order valence-electron chi connectivity index (χ0n) is 17.7. The van der Waals surface area contributed by atoms with E-state index < -0.39 is 0 Å². The number of aryl methyl sites for hydroxylation is 1. The van der Waals surface area contributed by atoms with Crippen molar-refractivity contribution >= 4 is 22.5 Å². The summed E-state index contributed by atoms with van der Waals surface area (Å²) in [5.41, 5.74) is 11.4. The molecule has 0 radical (unpaired) electrons. The lowest BCUT2D eigenvalue weighted by atomic mass is 9.95. The van der Waals surface area contributed by atoms with Crippen molar-refractivity contribution in [2.45, 2.75) is 19.4 Å². The first-order chi connectivity index (χ1) is 15.0. The Morgan fingerprint density at radius 2 is 2.00 bits per heavy atom. The third-order valence-electron chi connectivity index (χ3n) is 6.56. The number of hydrogen-bond acceptors (Lipinski definition) is 5. The van der Waals surface area contributed by atoms with E-state index in [1.54, 1.807) is 4.90 Å². The summed E-state index contributed by atoms with van der Waals surface area (Å²) in [6.45, 7) is 3.71.